The molecule has 0 spiro atoms. The predicted molar refractivity (Wildman–Crippen MR) is 86.3 cm³/mol. The molecule has 0 bridgehead atoms. The number of hydrogen-bond donors (Lipinski definition) is 2. The van der Waals surface area contributed by atoms with Crippen molar-refractivity contribution in [2.45, 2.75) is 13.0 Å². The van der Waals surface area contributed by atoms with Gasteiger partial charge in [0.2, 0.25) is 5.91 Å². The molecular formula is C15H18N2O4S. The molecule has 7 heteroatoms. The summed E-state index contributed by atoms with van der Waals surface area (Å²) in [5.41, 5.74) is 6.29. The van der Waals surface area contributed by atoms with Crippen LogP contribution in [0, 0.1) is 0 Å². The highest BCUT2D eigenvalue weighted by atomic mass is 32.1. The fraction of sp³-hybridized carbons (Fsp3) is 0.333. The number of esters is 1. The highest BCUT2D eigenvalue weighted by molar-refractivity contribution is 7.20. The van der Waals surface area contributed by atoms with Crippen LogP contribution in [0.25, 0.3) is 10.1 Å². The fourth-order valence-electron chi connectivity index (χ4n) is 1.91. The van der Waals surface area contributed by atoms with Crippen LogP contribution in [0.15, 0.2) is 24.3 Å². The molecule has 6 nitrogen and oxygen atoms in total. The van der Waals surface area contributed by atoms with Gasteiger partial charge < -0.3 is 20.5 Å². The molecule has 0 fully saturated rings. The van der Waals surface area contributed by atoms with Gasteiger partial charge in [-0.15, -0.1) is 11.3 Å². The van der Waals surface area contributed by atoms with Crippen LogP contribution in [0.3, 0.4) is 0 Å². The molecule has 2 aromatic rings. The quantitative estimate of drug-likeness (QED) is 0.794. The van der Waals surface area contributed by atoms with Crippen molar-refractivity contribution in [2.24, 2.45) is 5.73 Å². The lowest BCUT2D eigenvalue weighted by Gasteiger charge is -2.11. The van der Waals surface area contributed by atoms with Gasteiger partial charge in [0, 0.05) is 17.5 Å². The van der Waals surface area contributed by atoms with E-state index in [1.54, 1.807) is 25.1 Å². The number of methoxy groups -OCH3 is 1. The first kappa shape index (κ1) is 16.4. The number of rotatable bonds is 6. The maximum absolute atomic E-state index is 11.8. The Kier molecular flexibility index (Phi) is 5.48. The first-order chi connectivity index (χ1) is 10.5. The maximum atomic E-state index is 11.8. The minimum atomic E-state index is -0.724. The maximum Gasteiger partial charge on any atom is 0.348 e. The summed E-state index contributed by atoms with van der Waals surface area (Å²) in [4.78, 5) is 24.1. The molecule has 1 atom stereocenters. The van der Waals surface area contributed by atoms with Crippen LogP contribution in [0.4, 0.5) is 5.69 Å². The summed E-state index contributed by atoms with van der Waals surface area (Å²) in [5, 5.41) is 3.59. The summed E-state index contributed by atoms with van der Waals surface area (Å²) >= 11 is 1.36. The first-order valence-electron chi connectivity index (χ1n) is 6.81. The topological polar surface area (TPSA) is 90.7 Å². The van der Waals surface area contributed by atoms with Gasteiger partial charge >= 0.3 is 5.97 Å². The second kappa shape index (κ2) is 7.35. The van der Waals surface area contributed by atoms with Crippen molar-refractivity contribution in [3.8, 4) is 0 Å². The van der Waals surface area contributed by atoms with E-state index in [2.05, 4.69) is 5.32 Å². The Morgan fingerprint density at radius 2 is 2.14 bits per heavy atom. The zero-order chi connectivity index (χ0) is 16.1. The highest BCUT2D eigenvalue weighted by Gasteiger charge is 2.15. The fourth-order valence-corrected chi connectivity index (χ4v) is 2.85. The number of nitrogens with two attached hydrogens (primary N) is 1. The number of hydrogen-bond acceptors (Lipinski definition) is 6. The van der Waals surface area contributed by atoms with E-state index in [4.69, 9.17) is 15.2 Å². The minimum absolute atomic E-state index is 0.152. The van der Waals surface area contributed by atoms with Crippen LogP contribution in [0.2, 0.25) is 0 Å². The molecule has 0 saturated heterocycles. The number of carbonyl (C=O) groups excluding carboxylic acids is 2. The number of thiophene rings is 1. The van der Waals surface area contributed by atoms with Crippen LogP contribution in [0.5, 0.6) is 0 Å². The Morgan fingerprint density at radius 3 is 2.82 bits per heavy atom. The van der Waals surface area contributed by atoms with Crippen molar-refractivity contribution in [3.05, 3.63) is 29.1 Å². The monoisotopic (exact) mass is 322 g/mol. The molecule has 3 N–H and O–H groups in total. The number of benzene rings is 1. The summed E-state index contributed by atoms with van der Waals surface area (Å²) in [6, 6.07) is 6.44. The van der Waals surface area contributed by atoms with E-state index in [9.17, 15) is 9.59 Å². The zero-order valence-electron chi connectivity index (χ0n) is 12.4. The summed E-state index contributed by atoms with van der Waals surface area (Å²) in [7, 11) is 1.49. The molecule has 118 valence electrons. The van der Waals surface area contributed by atoms with Gasteiger partial charge in [-0.05, 0) is 36.6 Å². The lowest BCUT2D eigenvalue weighted by molar-refractivity contribution is -0.118. The molecular weight excluding hydrogens is 304 g/mol. The average Bonchev–Trinajstić information content (AvgIpc) is 2.91. The Bertz CT molecular complexity index is 683. The third-order valence-electron chi connectivity index (χ3n) is 2.94. The molecule has 0 aliphatic heterocycles. The van der Waals surface area contributed by atoms with E-state index in [1.807, 2.05) is 6.07 Å². The molecule has 1 aromatic carbocycles. The molecule has 0 aliphatic carbocycles. The second-order valence-electron chi connectivity index (χ2n) is 4.63. The van der Waals surface area contributed by atoms with Gasteiger partial charge in [-0.2, -0.15) is 0 Å². The normalized spacial score (nSPS) is 12.1. The number of fused-ring (bicyclic) bond motifs is 1. The van der Waals surface area contributed by atoms with Crippen molar-refractivity contribution in [3.63, 3.8) is 0 Å². The molecule has 0 aliphatic rings. The Morgan fingerprint density at radius 1 is 1.36 bits per heavy atom. The van der Waals surface area contributed by atoms with Crippen LogP contribution in [0.1, 0.15) is 16.6 Å². The summed E-state index contributed by atoms with van der Waals surface area (Å²) in [6.45, 7) is 2.26. The van der Waals surface area contributed by atoms with Crippen molar-refractivity contribution >= 4 is 39.0 Å². The number of ether oxygens (including phenoxy) is 2. The molecule has 22 heavy (non-hydrogen) atoms. The first-order valence-corrected chi connectivity index (χ1v) is 7.63. The second-order valence-corrected chi connectivity index (χ2v) is 5.72. The summed E-state index contributed by atoms with van der Waals surface area (Å²) in [6.07, 6.45) is 0. The SMILES string of the molecule is CCOC(=O)c1cc2cc(NC(=O)C(N)COC)ccc2s1. The number of anilines is 1. The van der Waals surface area contributed by atoms with Gasteiger partial charge in [-0.25, -0.2) is 4.79 Å². The standard InChI is InChI=1S/C15H18N2O4S/c1-3-21-15(19)13-7-9-6-10(4-5-12(9)22-13)17-14(18)11(16)8-20-2/h4-7,11H,3,8,16H2,1-2H3,(H,17,18). The van der Waals surface area contributed by atoms with Crippen molar-refractivity contribution < 1.29 is 19.1 Å². The highest BCUT2D eigenvalue weighted by Crippen LogP contribution is 2.28. The van der Waals surface area contributed by atoms with E-state index in [0.29, 0.717) is 17.2 Å². The number of amides is 1. The number of nitrogens with one attached hydrogen (secondary N) is 1. The van der Waals surface area contributed by atoms with Crippen molar-refractivity contribution in [2.75, 3.05) is 25.6 Å². The third-order valence-corrected chi connectivity index (χ3v) is 4.04. The van der Waals surface area contributed by atoms with Crippen molar-refractivity contribution in [1.82, 2.24) is 0 Å². The third kappa shape index (κ3) is 3.82. The van der Waals surface area contributed by atoms with Gasteiger partial charge in [0.15, 0.2) is 0 Å². The van der Waals surface area contributed by atoms with E-state index in [0.717, 1.165) is 10.1 Å². The molecule has 1 amide bonds. The predicted octanol–water partition coefficient (Wildman–Crippen LogP) is 1.99. The van der Waals surface area contributed by atoms with E-state index in [1.165, 1.54) is 18.4 Å². The summed E-state index contributed by atoms with van der Waals surface area (Å²) in [5.74, 6) is -0.654. The average molecular weight is 322 g/mol. The zero-order valence-corrected chi connectivity index (χ0v) is 13.2. The molecule has 2 rings (SSSR count). The molecule has 1 unspecified atom stereocenters. The molecule has 0 saturated carbocycles. The van der Waals surface area contributed by atoms with Gasteiger partial charge in [0.05, 0.1) is 13.2 Å². The number of carbonyl (C=O) groups is 2. The molecule has 1 heterocycles. The van der Waals surface area contributed by atoms with Gasteiger partial charge in [0.25, 0.3) is 0 Å². The summed E-state index contributed by atoms with van der Waals surface area (Å²) < 4.78 is 10.8. The smallest absolute Gasteiger partial charge is 0.348 e. The molecule has 0 radical (unpaired) electrons. The van der Waals surface area contributed by atoms with Crippen LogP contribution in [-0.4, -0.2) is 38.2 Å². The van der Waals surface area contributed by atoms with Crippen LogP contribution >= 0.6 is 11.3 Å². The Labute approximate surface area is 132 Å². The van der Waals surface area contributed by atoms with Crippen molar-refractivity contribution in [1.29, 1.82) is 0 Å². The van der Waals surface area contributed by atoms with Gasteiger partial charge in [-0.1, -0.05) is 0 Å². The lowest BCUT2D eigenvalue weighted by Crippen LogP contribution is -2.39. The van der Waals surface area contributed by atoms with E-state index in [-0.39, 0.29) is 18.5 Å². The van der Waals surface area contributed by atoms with Gasteiger partial charge in [-0.3, -0.25) is 4.79 Å². The molecule has 1 aromatic heterocycles. The van der Waals surface area contributed by atoms with E-state index < -0.39 is 6.04 Å². The Hall–Kier alpha value is -1.96. The van der Waals surface area contributed by atoms with E-state index >= 15 is 0 Å². The largest absolute Gasteiger partial charge is 0.462 e. The van der Waals surface area contributed by atoms with Gasteiger partial charge in [0.1, 0.15) is 10.9 Å². The lowest BCUT2D eigenvalue weighted by atomic mass is 10.2. The van der Waals surface area contributed by atoms with Crippen LogP contribution in [-0.2, 0) is 14.3 Å². The Balaban J connectivity index is 2.16. The minimum Gasteiger partial charge on any atom is -0.462 e. The van der Waals surface area contributed by atoms with Crippen LogP contribution < -0.4 is 11.1 Å².